The van der Waals surface area contributed by atoms with Gasteiger partial charge in [-0.15, -0.1) is 0 Å². The molecule has 0 bridgehead atoms. The number of anilines is 2. The third-order valence-electron chi connectivity index (χ3n) is 4.40. The molecule has 24 heavy (non-hydrogen) atoms. The number of carbonyl (C=O) groups excluding carboxylic acids is 1. The fraction of sp³-hybridized carbons (Fsp3) is 0.316. The van der Waals surface area contributed by atoms with Gasteiger partial charge in [0, 0.05) is 36.5 Å². The maximum Gasteiger partial charge on any atom is 0.261 e. The van der Waals surface area contributed by atoms with Crippen LogP contribution in [0, 0.1) is 0 Å². The first kappa shape index (κ1) is 16.7. The summed E-state index contributed by atoms with van der Waals surface area (Å²) >= 11 is 6.03. The molecule has 0 unspecified atom stereocenters. The third kappa shape index (κ3) is 3.34. The van der Waals surface area contributed by atoms with Crippen LogP contribution < -0.4 is 14.5 Å². The SMILES string of the molecule is COc1ccc(Cl)cc1C(=O)N(C)c1ccc(N2CCCC2)cc1. The summed E-state index contributed by atoms with van der Waals surface area (Å²) < 4.78 is 5.28. The minimum atomic E-state index is -0.150. The first-order valence-electron chi connectivity index (χ1n) is 8.07. The zero-order valence-corrected chi connectivity index (χ0v) is 14.7. The minimum absolute atomic E-state index is 0.150. The maximum atomic E-state index is 12.8. The number of nitrogens with zero attached hydrogens (tertiary/aromatic N) is 2. The van der Waals surface area contributed by atoms with Gasteiger partial charge in [-0.3, -0.25) is 4.79 Å². The van der Waals surface area contributed by atoms with E-state index < -0.39 is 0 Å². The van der Waals surface area contributed by atoms with Gasteiger partial charge in [0.05, 0.1) is 12.7 Å². The molecule has 0 aliphatic carbocycles. The molecule has 1 aliphatic heterocycles. The fourth-order valence-electron chi connectivity index (χ4n) is 3.01. The normalized spacial score (nSPS) is 13.9. The molecule has 0 spiro atoms. The Morgan fingerprint density at radius 1 is 1.12 bits per heavy atom. The Bertz CT molecular complexity index is 725. The van der Waals surface area contributed by atoms with Crippen LogP contribution in [0.3, 0.4) is 0 Å². The van der Waals surface area contributed by atoms with E-state index in [2.05, 4.69) is 17.0 Å². The van der Waals surface area contributed by atoms with E-state index in [1.165, 1.54) is 18.5 Å². The lowest BCUT2D eigenvalue weighted by molar-refractivity contribution is 0.0990. The van der Waals surface area contributed by atoms with Gasteiger partial charge >= 0.3 is 0 Å². The Balaban J connectivity index is 1.81. The Hall–Kier alpha value is -2.20. The molecule has 2 aromatic rings. The maximum absolute atomic E-state index is 12.8. The van der Waals surface area contributed by atoms with E-state index in [1.54, 1.807) is 37.3 Å². The topological polar surface area (TPSA) is 32.8 Å². The number of hydrogen-bond donors (Lipinski definition) is 0. The zero-order chi connectivity index (χ0) is 17.1. The van der Waals surface area contributed by atoms with Crippen LogP contribution in [-0.4, -0.2) is 33.2 Å². The van der Waals surface area contributed by atoms with Crippen LogP contribution in [-0.2, 0) is 0 Å². The quantitative estimate of drug-likeness (QED) is 0.832. The third-order valence-corrected chi connectivity index (χ3v) is 4.64. The van der Waals surface area contributed by atoms with E-state index in [0.29, 0.717) is 16.3 Å². The van der Waals surface area contributed by atoms with E-state index in [-0.39, 0.29) is 5.91 Å². The fourth-order valence-corrected chi connectivity index (χ4v) is 3.18. The van der Waals surface area contributed by atoms with Crippen molar-refractivity contribution >= 4 is 28.9 Å². The highest BCUT2D eigenvalue weighted by Gasteiger charge is 2.19. The van der Waals surface area contributed by atoms with Crippen molar-refractivity contribution < 1.29 is 9.53 Å². The standard InChI is InChI=1S/C19H21ClN2O2/c1-21(19(23)17-13-14(20)5-10-18(17)24-2)15-6-8-16(9-7-15)22-11-3-4-12-22/h5-10,13H,3-4,11-12H2,1-2H3. The molecule has 0 saturated carbocycles. The molecule has 0 radical (unpaired) electrons. The molecular formula is C19H21ClN2O2. The molecule has 126 valence electrons. The molecule has 0 aromatic heterocycles. The van der Waals surface area contributed by atoms with Crippen molar-refractivity contribution in [1.82, 2.24) is 0 Å². The second-order valence-electron chi connectivity index (χ2n) is 5.92. The highest BCUT2D eigenvalue weighted by molar-refractivity contribution is 6.31. The zero-order valence-electron chi connectivity index (χ0n) is 14.0. The van der Waals surface area contributed by atoms with Gasteiger partial charge in [-0.25, -0.2) is 0 Å². The highest BCUT2D eigenvalue weighted by Crippen LogP contribution is 2.27. The minimum Gasteiger partial charge on any atom is -0.496 e. The van der Waals surface area contributed by atoms with E-state index >= 15 is 0 Å². The molecule has 5 heteroatoms. The summed E-state index contributed by atoms with van der Waals surface area (Å²) in [6.45, 7) is 2.21. The lowest BCUT2D eigenvalue weighted by Gasteiger charge is -2.21. The molecule has 1 amide bonds. The molecule has 0 atom stereocenters. The summed E-state index contributed by atoms with van der Waals surface area (Å²) in [7, 11) is 3.30. The van der Waals surface area contributed by atoms with Gasteiger partial charge in [-0.1, -0.05) is 11.6 Å². The largest absolute Gasteiger partial charge is 0.496 e. The summed E-state index contributed by atoms with van der Waals surface area (Å²) in [4.78, 5) is 16.8. The number of methoxy groups -OCH3 is 1. The number of benzene rings is 2. The number of amides is 1. The van der Waals surface area contributed by atoms with Crippen LogP contribution in [0.15, 0.2) is 42.5 Å². The molecule has 4 nitrogen and oxygen atoms in total. The van der Waals surface area contributed by atoms with Crippen LogP contribution in [0.25, 0.3) is 0 Å². The van der Waals surface area contributed by atoms with Gasteiger partial charge in [0.1, 0.15) is 5.75 Å². The smallest absolute Gasteiger partial charge is 0.261 e. The number of ether oxygens (including phenoxy) is 1. The molecule has 1 aliphatic rings. The Labute approximate surface area is 147 Å². The monoisotopic (exact) mass is 344 g/mol. The summed E-state index contributed by atoms with van der Waals surface area (Å²) in [5, 5.41) is 0.511. The number of halogens is 1. The van der Waals surface area contributed by atoms with Gasteiger partial charge in [0.15, 0.2) is 0 Å². The molecule has 1 saturated heterocycles. The predicted octanol–water partition coefficient (Wildman–Crippen LogP) is 4.23. The van der Waals surface area contributed by atoms with Crippen molar-refractivity contribution in [2.45, 2.75) is 12.8 Å². The predicted molar refractivity (Wildman–Crippen MR) is 98.6 cm³/mol. The summed E-state index contributed by atoms with van der Waals surface area (Å²) in [5.74, 6) is 0.369. The van der Waals surface area contributed by atoms with E-state index in [9.17, 15) is 4.79 Å². The lowest BCUT2D eigenvalue weighted by Crippen LogP contribution is -2.26. The van der Waals surface area contributed by atoms with Crippen LogP contribution in [0.1, 0.15) is 23.2 Å². The number of carbonyl (C=O) groups is 1. The van der Waals surface area contributed by atoms with Crippen LogP contribution in [0.5, 0.6) is 5.75 Å². The van der Waals surface area contributed by atoms with Crippen molar-refractivity contribution in [3.05, 3.63) is 53.1 Å². The molecular weight excluding hydrogens is 324 g/mol. The second kappa shape index (κ2) is 7.14. The Morgan fingerprint density at radius 2 is 1.79 bits per heavy atom. The van der Waals surface area contributed by atoms with Gasteiger partial charge in [0.2, 0.25) is 0 Å². The molecule has 3 rings (SSSR count). The van der Waals surface area contributed by atoms with Crippen LogP contribution in [0.4, 0.5) is 11.4 Å². The number of hydrogen-bond acceptors (Lipinski definition) is 3. The van der Waals surface area contributed by atoms with E-state index in [1.807, 2.05) is 12.1 Å². The van der Waals surface area contributed by atoms with Gasteiger partial charge in [-0.2, -0.15) is 0 Å². The van der Waals surface area contributed by atoms with E-state index in [4.69, 9.17) is 16.3 Å². The number of rotatable bonds is 4. The van der Waals surface area contributed by atoms with E-state index in [0.717, 1.165) is 18.8 Å². The van der Waals surface area contributed by atoms with Crippen molar-refractivity contribution in [3.63, 3.8) is 0 Å². The Kier molecular flexibility index (Phi) is 4.95. The molecule has 1 fully saturated rings. The van der Waals surface area contributed by atoms with Gasteiger partial charge in [-0.05, 0) is 55.3 Å². The summed E-state index contributed by atoms with van der Waals surface area (Å²) in [5.41, 5.74) is 2.50. The lowest BCUT2D eigenvalue weighted by atomic mass is 10.1. The molecule has 2 aromatic carbocycles. The van der Waals surface area contributed by atoms with Crippen LogP contribution in [0.2, 0.25) is 5.02 Å². The average molecular weight is 345 g/mol. The summed E-state index contributed by atoms with van der Waals surface area (Å²) in [6.07, 6.45) is 2.49. The van der Waals surface area contributed by atoms with Crippen molar-refractivity contribution in [3.8, 4) is 5.75 Å². The van der Waals surface area contributed by atoms with Crippen molar-refractivity contribution in [2.24, 2.45) is 0 Å². The van der Waals surface area contributed by atoms with Crippen LogP contribution >= 0.6 is 11.6 Å². The van der Waals surface area contributed by atoms with Crippen molar-refractivity contribution in [1.29, 1.82) is 0 Å². The highest BCUT2D eigenvalue weighted by atomic mass is 35.5. The molecule has 1 heterocycles. The Morgan fingerprint density at radius 3 is 2.42 bits per heavy atom. The first-order chi connectivity index (χ1) is 11.6. The average Bonchev–Trinajstić information content (AvgIpc) is 3.15. The van der Waals surface area contributed by atoms with Gasteiger partial charge < -0.3 is 14.5 Å². The second-order valence-corrected chi connectivity index (χ2v) is 6.36. The van der Waals surface area contributed by atoms with Crippen molar-refractivity contribution in [2.75, 3.05) is 37.0 Å². The first-order valence-corrected chi connectivity index (χ1v) is 8.44. The summed E-state index contributed by atoms with van der Waals surface area (Å²) in [6, 6.07) is 13.1. The van der Waals surface area contributed by atoms with Gasteiger partial charge in [0.25, 0.3) is 5.91 Å². The molecule has 0 N–H and O–H groups in total.